The smallest absolute Gasteiger partial charge is 0.343 e. The summed E-state index contributed by atoms with van der Waals surface area (Å²) in [6.07, 6.45) is 1.47. The summed E-state index contributed by atoms with van der Waals surface area (Å²) in [6.45, 7) is 0.389. The molecule has 1 aliphatic rings. The molecule has 0 saturated carbocycles. The number of carboxylic acid groups (broad SMARTS) is 1. The highest BCUT2D eigenvalue weighted by Crippen LogP contribution is 2.34. The van der Waals surface area contributed by atoms with Crippen LogP contribution in [0.3, 0.4) is 0 Å². The first-order valence-corrected chi connectivity index (χ1v) is 8.85. The van der Waals surface area contributed by atoms with E-state index in [0.717, 1.165) is 5.56 Å². The number of aryl methyl sites for hydroxylation is 2. The van der Waals surface area contributed by atoms with E-state index in [9.17, 15) is 9.59 Å². The molecule has 8 heteroatoms. The molecule has 2 aromatic rings. The van der Waals surface area contributed by atoms with E-state index >= 15 is 0 Å². The number of carbonyl (C=O) groups is 2. The molecule has 0 spiro atoms. The molecular formula is C20H21N3O5. The molecule has 0 unspecified atom stereocenters. The summed E-state index contributed by atoms with van der Waals surface area (Å²) in [5.41, 5.74) is 13.3. The predicted molar refractivity (Wildman–Crippen MR) is 103 cm³/mol. The zero-order valence-corrected chi connectivity index (χ0v) is 15.2. The van der Waals surface area contributed by atoms with E-state index in [4.69, 9.17) is 26.0 Å². The van der Waals surface area contributed by atoms with Crippen LogP contribution in [0.15, 0.2) is 41.4 Å². The first-order chi connectivity index (χ1) is 13.4. The van der Waals surface area contributed by atoms with E-state index in [-0.39, 0.29) is 24.6 Å². The van der Waals surface area contributed by atoms with Crippen molar-refractivity contribution in [1.29, 1.82) is 0 Å². The van der Waals surface area contributed by atoms with Crippen LogP contribution < -0.4 is 20.9 Å². The molecule has 0 aliphatic carbocycles. The molecule has 0 aromatic heterocycles. The number of ether oxygens (including phenoxy) is 2. The normalized spacial score (nSPS) is 13.4. The summed E-state index contributed by atoms with van der Waals surface area (Å²) in [4.78, 5) is 27.6. The Morgan fingerprint density at radius 1 is 1.21 bits per heavy atom. The number of guanidine groups is 1. The number of hydrogen-bond donors (Lipinski definition) is 3. The van der Waals surface area contributed by atoms with Crippen LogP contribution in [0.1, 0.15) is 34.3 Å². The fourth-order valence-electron chi connectivity index (χ4n) is 3.04. The van der Waals surface area contributed by atoms with Crippen molar-refractivity contribution in [2.45, 2.75) is 25.7 Å². The number of nitrogens with two attached hydrogens (primary N) is 2. The lowest BCUT2D eigenvalue weighted by Gasteiger charge is -2.18. The molecule has 1 heterocycles. The van der Waals surface area contributed by atoms with Gasteiger partial charge in [-0.2, -0.15) is 0 Å². The van der Waals surface area contributed by atoms with Gasteiger partial charge < -0.3 is 26.0 Å². The van der Waals surface area contributed by atoms with Gasteiger partial charge in [0.1, 0.15) is 0 Å². The molecule has 3 rings (SSSR count). The first kappa shape index (κ1) is 19.2. The Labute approximate surface area is 161 Å². The second kappa shape index (κ2) is 8.43. The van der Waals surface area contributed by atoms with Gasteiger partial charge in [-0.05, 0) is 54.7 Å². The van der Waals surface area contributed by atoms with Crippen molar-refractivity contribution >= 4 is 23.6 Å². The van der Waals surface area contributed by atoms with Gasteiger partial charge in [0.25, 0.3) is 0 Å². The van der Waals surface area contributed by atoms with Gasteiger partial charge in [0.2, 0.25) is 0 Å². The van der Waals surface area contributed by atoms with Crippen molar-refractivity contribution in [2.24, 2.45) is 16.5 Å². The van der Waals surface area contributed by atoms with Gasteiger partial charge in [0, 0.05) is 6.42 Å². The Bertz CT molecular complexity index is 935. The van der Waals surface area contributed by atoms with Crippen LogP contribution in [0.2, 0.25) is 0 Å². The summed E-state index contributed by atoms with van der Waals surface area (Å²) in [5.74, 6) is -0.798. The summed E-state index contributed by atoms with van der Waals surface area (Å²) in [5, 5.41) is 8.94. The lowest BCUT2D eigenvalue weighted by Crippen LogP contribution is -2.22. The van der Waals surface area contributed by atoms with E-state index in [2.05, 4.69) is 4.99 Å². The number of esters is 1. The highest BCUT2D eigenvalue weighted by Gasteiger charge is 2.20. The van der Waals surface area contributed by atoms with Gasteiger partial charge in [-0.1, -0.05) is 12.1 Å². The number of rotatable bonds is 4. The monoisotopic (exact) mass is 383 g/mol. The average molecular weight is 383 g/mol. The maximum absolute atomic E-state index is 12.7. The molecular weight excluding hydrogens is 362 g/mol. The minimum Gasteiger partial charge on any atom is -0.489 e. The third kappa shape index (κ3) is 4.59. The lowest BCUT2D eigenvalue weighted by molar-refractivity contribution is -0.136. The van der Waals surface area contributed by atoms with Crippen LogP contribution >= 0.6 is 0 Å². The van der Waals surface area contributed by atoms with Crippen molar-refractivity contribution in [3.63, 3.8) is 0 Å². The van der Waals surface area contributed by atoms with Crippen LogP contribution in [0.4, 0.5) is 5.69 Å². The summed E-state index contributed by atoms with van der Waals surface area (Å²) in [6, 6.07) is 10.1. The maximum Gasteiger partial charge on any atom is 0.343 e. The van der Waals surface area contributed by atoms with Crippen LogP contribution in [0.5, 0.6) is 11.5 Å². The van der Waals surface area contributed by atoms with Gasteiger partial charge in [-0.15, -0.1) is 0 Å². The number of fused-ring (bicyclic) bond motifs is 2. The fourth-order valence-corrected chi connectivity index (χ4v) is 3.04. The van der Waals surface area contributed by atoms with Gasteiger partial charge in [0.15, 0.2) is 17.5 Å². The molecule has 0 saturated heterocycles. The van der Waals surface area contributed by atoms with Gasteiger partial charge in [-0.3, -0.25) is 4.79 Å². The molecule has 5 N–H and O–H groups in total. The van der Waals surface area contributed by atoms with Crippen LogP contribution in [0, 0.1) is 0 Å². The largest absolute Gasteiger partial charge is 0.489 e. The molecule has 8 nitrogen and oxygen atoms in total. The van der Waals surface area contributed by atoms with Crippen molar-refractivity contribution in [1.82, 2.24) is 0 Å². The fraction of sp³-hybridized carbons (Fsp3) is 0.250. The maximum atomic E-state index is 12.7. The topological polar surface area (TPSA) is 137 Å². The van der Waals surface area contributed by atoms with Crippen molar-refractivity contribution < 1.29 is 24.2 Å². The third-order valence-corrected chi connectivity index (χ3v) is 4.28. The van der Waals surface area contributed by atoms with E-state index in [0.29, 0.717) is 42.0 Å². The van der Waals surface area contributed by atoms with Crippen LogP contribution in [0.25, 0.3) is 0 Å². The number of aliphatic carboxylic acids is 1. The number of carbonyl (C=O) groups excluding carboxylic acids is 1. The molecule has 146 valence electrons. The minimum absolute atomic E-state index is 0.0375. The van der Waals surface area contributed by atoms with Crippen molar-refractivity contribution in [3.05, 3.63) is 53.1 Å². The zero-order valence-electron chi connectivity index (χ0n) is 15.2. The van der Waals surface area contributed by atoms with E-state index < -0.39 is 11.9 Å². The standard InChI is InChI=1S/C20H21N3O5/c21-20(22)23-14-7-8-15-13(11-14)4-2-10-27-18-12(6-9-17(24)25)3-1-5-16(18)28-19(15)26/h1,3,5,7-8,11H,2,4,6,9-10H2,(H,24,25)(H4,21,22,23). The number of benzene rings is 2. The number of carboxylic acids is 1. The third-order valence-electron chi connectivity index (χ3n) is 4.28. The molecule has 0 atom stereocenters. The summed E-state index contributed by atoms with van der Waals surface area (Å²) < 4.78 is 11.4. The molecule has 0 amide bonds. The number of para-hydroxylation sites is 1. The lowest BCUT2D eigenvalue weighted by atomic mass is 10.0. The Kier molecular flexibility index (Phi) is 5.78. The minimum atomic E-state index is -0.903. The molecule has 0 fully saturated rings. The van der Waals surface area contributed by atoms with E-state index in [1.807, 2.05) is 0 Å². The van der Waals surface area contributed by atoms with Crippen molar-refractivity contribution in [2.75, 3.05) is 6.61 Å². The number of hydrogen-bond acceptors (Lipinski definition) is 5. The van der Waals surface area contributed by atoms with Gasteiger partial charge in [0.05, 0.1) is 17.9 Å². The van der Waals surface area contributed by atoms with Crippen LogP contribution in [-0.4, -0.2) is 29.6 Å². The van der Waals surface area contributed by atoms with Gasteiger partial charge >= 0.3 is 11.9 Å². The van der Waals surface area contributed by atoms with E-state index in [1.165, 1.54) is 0 Å². The average Bonchev–Trinajstić information content (AvgIpc) is 2.64. The quantitative estimate of drug-likeness (QED) is 0.318. The molecule has 2 aromatic carbocycles. The second-order valence-electron chi connectivity index (χ2n) is 6.36. The Balaban J connectivity index is 1.94. The summed E-state index contributed by atoms with van der Waals surface area (Å²) in [7, 11) is 0. The number of aliphatic imine (C=N–C) groups is 1. The SMILES string of the molecule is NC(N)=Nc1ccc2c(c1)CCCOc1c(CCC(=O)O)cccc1OC2=O. The molecule has 0 bridgehead atoms. The number of nitrogens with zero attached hydrogens (tertiary/aromatic N) is 1. The Morgan fingerprint density at radius 3 is 2.79 bits per heavy atom. The van der Waals surface area contributed by atoms with E-state index in [1.54, 1.807) is 36.4 Å². The van der Waals surface area contributed by atoms with Gasteiger partial charge in [-0.25, -0.2) is 9.79 Å². The predicted octanol–water partition coefficient (Wildman–Crippen LogP) is 2.15. The Morgan fingerprint density at radius 2 is 2.04 bits per heavy atom. The molecule has 28 heavy (non-hydrogen) atoms. The van der Waals surface area contributed by atoms with Crippen LogP contribution in [-0.2, 0) is 17.6 Å². The van der Waals surface area contributed by atoms with Crippen molar-refractivity contribution in [3.8, 4) is 11.5 Å². The second-order valence-corrected chi connectivity index (χ2v) is 6.36. The first-order valence-electron chi connectivity index (χ1n) is 8.85. The Hall–Kier alpha value is -3.55. The molecule has 1 aliphatic heterocycles. The highest BCUT2D eigenvalue weighted by molar-refractivity contribution is 5.93. The molecule has 0 radical (unpaired) electrons. The highest BCUT2D eigenvalue weighted by atomic mass is 16.6. The zero-order chi connectivity index (χ0) is 20.1. The summed E-state index contributed by atoms with van der Waals surface area (Å²) >= 11 is 0.